The number of rotatable bonds is 2. The van der Waals surface area contributed by atoms with Crippen molar-refractivity contribution in [3.63, 3.8) is 0 Å². The van der Waals surface area contributed by atoms with Crippen LogP contribution in [0.3, 0.4) is 0 Å². The molecule has 1 aliphatic rings. The second-order valence-corrected chi connectivity index (χ2v) is 5.57. The van der Waals surface area contributed by atoms with Gasteiger partial charge in [-0.2, -0.15) is 0 Å². The molecule has 2 nitrogen and oxygen atoms in total. The van der Waals surface area contributed by atoms with E-state index in [4.69, 9.17) is 23.1 Å². The SMILES string of the molecule is Nc1cccc(Cl)c1SC1CCCC1N. The topological polar surface area (TPSA) is 52.0 Å². The number of nitrogen functional groups attached to an aromatic ring is 1. The lowest BCUT2D eigenvalue weighted by molar-refractivity contribution is 0.716. The third kappa shape index (κ3) is 2.41. The summed E-state index contributed by atoms with van der Waals surface area (Å²) in [4.78, 5) is 0.988. The van der Waals surface area contributed by atoms with Crippen LogP contribution in [-0.2, 0) is 0 Å². The molecule has 2 rings (SSSR count). The van der Waals surface area contributed by atoms with Gasteiger partial charge >= 0.3 is 0 Å². The molecule has 1 aromatic carbocycles. The molecule has 0 amide bonds. The molecule has 2 atom stereocenters. The lowest BCUT2D eigenvalue weighted by Gasteiger charge is -2.16. The average molecular weight is 243 g/mol. The van der Waals surface area contributed by atoms with Gasteiger partial charge in [0.25, 0.3) is 0 Å². The number of thioether (sulfide) groups is 1. The van der Waals surface area contributed by atoms with E-state index in [1.807, 2.05) is 18.2 Å². The molecule has 1 aromatic rings. The maximum Gasteiger partial charge on any atom is 0.0562 e. The highest BCUT2D eigenvalue weighted by atomic mass is 35.5. The normalized spacial score (nSPS) is 25.7. The summed E-state index contributed by atoms with van der Waals surface area (Å²) in [7, 11) is 0. The van der Waals surface area contributed by atoms with Crippen LogP contribution < -0.4 is 11.5 Å². The highest BCUT2D eigenvalue weighted by molar-refractivity contribution is 8.00. The van der Waals surface area contributed by atoms with Gasteiger partial charge in [-0.05, 0) is 25.0 Å². The zero-order chi connectivity index (χ0) is 10.8. The van der Waals surface area contributed by atoms with Crippen LogP contribution in [0.1, 0.15) is 19.3 Å². The number of hydrogen-bond acceptors (Lipinski definition) is 3. The van der Waals surface area contributed by atoms with Gasteiger partial charge in [-0.1, -0.05) is 24.1 Å². The smallest absolute Gasteiger partial charge is 0.0562 e. The second-order valence-electron chi connectivity index (χ2n) is 3.91. The molecule has 0 radical (unpaired) electrons. The van der Waals surface area contributed by atoms with Crippen molar-refractivity contribution < 1.29 is 0 Å². The van der Waals surface area contributed by atoms with E-state index in [-0.39, 0.29) is 6.04 Å². The standard InChI is InChI=1S/C11H15ClN2S/c12-7-3-1-5-9(14)11(7)15-10-6-2-4-8(10)13/h1,3,5,8,10H,2,4,6,13-14H2. The Morgan fingerprint density at radius 2 is 2.13 bits per heavy atom. The van der Waals surface area contributed by atoms with Gasteiger partial charge < -0.3 is 11.5 Å². The maximum atomic E-state index is 6.11. The van der Waals surface area contributed by atoms with Crippen LogP contribution in [0.2, 0.25) is 5.02 Å². The van der Waals surface area contributed by atoms with E-state index in [1.165, 1.54) is 6.42 Å². The first-order chi connectivity index (χ1) is 7.18. The van der Waals surface area contributed by atoms with Gasteiger partial charge in [-0.3, -0.25) is 0 Å². The number of hydrogen-bond donors (Lipinski definition) is 2. The van der Waals surface area contributed by atoms with Gasteiger partial charge in [0.1, 0.15) is 0 Å². The van der Waals surface area contributed by atoms with Gasteiger partial charge in [0.2, 0.25) is 0 Å². The minimum atomic E-state index is 0.283. The second kappa shape index (κ2) is 4.64. The number of nitrogens with two attached hydrogens (primary N) is 2. The van der Waals surface area contributed by atoms with Gasteiger partial charge in [-0.15, -0.1) is 11.8 Å². The first-order valence-corrected chi connectivity index (χ1v) is 6.40. The van der Waals surface area contributed by atoms with Crippen LogP contribution in [0.25, 0.3) is 0 Å². The highest BCUT2D eigenvalue weighted by Gasteiger charge is 2.26. The lowest BCUT2D eigenvalue weighted by atomic mass is 10.3. The van der Waals surface area contributed by atoms with E-state index < -0.39 is 0 Å². The summed E-state index contributed by atoms with van der Waals surface area (Å²) in [6.07, 6.45) is 3.49. The van der Waals surface area contributed by atoms with E-state index in [0.29, 0.717) is 5.25 Å². The molecule has 1 saturated carbocycles. The molecule has 4 N–H and O–H groups in total. The Labute approximate surface area is 99.4 Å². The fourth-order valence-corrected chi connectivity index (χ4v) is 3.50. The number of benzene rings is 1. The molecule has 1 aliphatic carbocycles. The maximum absolute atomic E-state index is 6.11. The van der Waals surface area contributed by atoms with Gasteiger partial charge in [-0.25, -0.2) is 0 Å². The zero-order valence-electron chi connectivity index (χ0n) is 8.45. The Balaban J connectivity index is 2.16. The third-order valence-corrected chi connectivity index (χ3v) is 4.78. The average Bonchev–Trinajstić information content (AvgIpc) is 2.58. The fourth-order valence-electron chi connectivity index (χ4n) is 1.90. The molecular weight excluding hydrogens is 228 g/mol. The number of anilines is 1. The monoisotopic (exact) mass is 242 g/mol. The predicted octanol–water partition coefficient (Wildman–Crippen LogP) is 2.89. The predicted molar refractivity (Wildman–Crippen MR) is 67.3 cm³/mol. The first-order valence-electron chi connectivity index (χ1n) is 5.14. The Morgan fingerprint density at radius 1 is 1.33 bits per heavy atom. The quantitative estimate of drug-likeness (QED) is 0.785. The molecule has 82 valence electrons. The van der Waals surface area contributed by atoms with Gasteiger partial charge in [0.15, 0.2) is 0 Å². The van der Waals surface area contributed by atoms with Crippen molar-refractivity contribution in [1.29, 1.82) is 0 Å². The van der Waals surface area contributed by atoms with Crippen molar-refractivity contribution in [2.24, 2.45) is 5.73 Å². The summed E-state index contributed by atoms with van der Waals surface area (Å²) in [5.74, 6) is 0. The first kappa shape index (κ1) is 11.1. The van der Waals surface area contributed by atoms with Crippen LogP contribution in [-0.4, -0.2) is 11.3 Å². The summed E-state index contributed by atoms with van der Waals surface area (Å²) in [6.45, 7) is 0. The minimum absolute atomic E-state index is 0.283. The minimum Gasteiger partial charge on any atom is -0.398 e. The Kier molecular flexibility index (Phi) is 3.44. The summed E-state index contributed by atoms with van der Waals surface area (Å²) in [6, 6.07) is 5.91. The highest BCUT2D eigenvalue weighted by Crippen LogP contribution is 2.40. The number of halogens is 1. The molecule has 0 spiro atoms. The molecule has 4 heteroatoms. The Morgan fingerprint density at radius 3 is 2.73 bits per heavy atom. The largest absolute Gasteiger partial charge is 0.398 e. The van der Waals surface area contributed by atoms with Crippen LogP contribution in [0.5, 0.6) is 0 Å². The van der Waals surface area contributed by atoms with Gasteiger partial charge in [0, 0.05) is 21.9 Å². The lowest BCUT2D eigenvalue weighted by Crippen LogP contribution is -2.26. The van der Waals surface area contributed by atoms with Crippen molar-refractivity contribution in [1.82, 2.24) is 0 Å². The van der Waals surface area contributed by atoms with Crippen LogP contribution in [0.4, 0.5) is 5.69 Å². The van der Waals surface area contributed by atoms with Gasteiger partial charge in [0.05, 0.1) is 5.02 Å². The third-order valence-electron chi connectivity index (χ3n) is 2.77. The van der Waals surface area contributed by atoms with Crippen molar-refractivity contribution in [2.75, 3.05) is 5.73 Å². The molecule has 0 heterocycles. The summed E-state index contributed by atoms with van der Waals surface area (Å²) in [5, 5.41) is 1.20. The molecule has 1 fully saturated rings. The van der Waals surface area contributed by atoms with E-state index in [0.717, 1.165) is 28.4 Å². The summed E-state index contributed by atoms with van der Waals surface area (Å²) >= 11 is 7.84. The van der Waals surface area contributed by atoms with Crippen molar-refractivity contribution in [3.8, 4) is 0 Å². The Bertz CT molecular complexity index is 336. The van der Waals surface area contributed by atoms with E-state index in [1.54, 1.807) is 11.8 Å². The van der Waals surface area contributed by atoms with Crippen LogP contribution in [0.15, 0.2) is 23.1 Å². The van der Waals surface area contributed by atoms with Crippen molar-refractivity contribution in [2.45, 2.75) is 35.4 Å². The molecule has 2 unspecified atom stereocenters. The van der Waals surface area contributed by atoms with Crippen molar-refractivity contribution >= 4 is 29.1 Å². The molecule has 0 bridgehead atoms. The summed E-state index contributed by atoms with van der Waals surface area (Å²) < 4.78 is 0. The van der Waals surface area contributed by atoms with E-state index in [2.05, 4.69) is 0 Å². The van der Waals surface area contributed by atoms with E-state index in [9.17, 15) is 0 Å². The van der Waals surface area contributed by atoms with Crippen LogP contribution in [0, 0.1) is 0 Å². The van der Waals surface area contributed by atoms with E-state index >= 15 is 0 Å². The molecule has 15 heavy (non-hydrogen) atoms. The molecule has 0 aliphatic heterocycles. The van der Waals surface area contributed by atoms with Crippen LogP contribution >= 0.6 is 23.4 Å². The molecular formula is C11H15ClN2S. The Hall–Kier alpha value is -0.380. The summed E-state index contributed by atoms with van der Waals surface area (Å²) in [5.41, 5.74) is 12.7. The zero-order valence-corrected chi connectivity index (χ0v) is 10.0. The molecule has 0 aromatic heterocycles. The molecule has 0 saturated heterocycles. The fraction of sp³-hybridized carbons (Fsp3) is 0.455. The van der Waals surface area contributed by atoms with Crippen molar-refractivity contribution in [3.05, 3.63) is 23.2 Å².